The van der Waals surface area contributed by atoms with E-state index in [1.54, 1.807) is 0 Å². The van der Waals surface area contributed by atoms with Gasteiger partial charge in [-0.2, -0.15) is 0 Å². The highest BCUT2D eigenvalue weighted by atomic mass is 16.6. The minimum absolute atomic E-state index is 0.778. The molecule has 0 N–H and O–H groups in total. The molecule has 25 heavy (non-hydrogen) atoms. The van der Waals surface area contributed by atoms with Gasteiger partial charge in [-0.25, -0.2) is 0 Å². The van der Waals surface area contributed by atoms with Crippen LogP contribution in [0.1, 0.15) is 44.1 Å². The zero-order valence-corrected chi connectivity index (χ0v) is 15.7. The summed E-state index contributed by atoms with van der Waals surface area (Å²) in [7, 11) is 0. The van der Waals surface area contributed by atoms with Crippen LogP contribution in [0.25, 0.3) is 0 Å². The molecule has 1 saturated heterocycles. The lowest BCUT2D eigenvalue weighted by atomic mass is 10.0. The van der Waals surface area contributed by atoms with Gasteiger partial charge in [-0.15, -0.1) is 0 Å². The molecule has 0 bridgehead atoms. The largest absolute Gasteiger partial charge is 0.377 e. The van der Waals surface area contributed by atoms with Crippen LogP contribution < -0.4 is 0 Å². The van der Waals surface area contributed by atoms with E-state index >= 15 is 0 Å². The molecule has 0 amide bonds. The molecule has 1 aliphatic carbocycles. The second-order valence-corrected chi connectivity index (χ2v) is 6.16. The van der Waals surface area contributed by atoms with Gasteiger partial charge in [0.05, 0.1) is 26.4 Å². The second kappa shape index (κ2) is 17.2. The minimum atomic E-state index is 0.778. The van der Waals surface area contributed by atoms with Gasteiger partial charge in [0, 0.05) is 0 Å². The molecule has 2 aliphatic rings. The molecular weight excluding hydrogens is 308 g/mol. The van der Waals surface area contributed by atoms with Crippen molar-refractivity contribution in [3.8, 4) is 0 Å². The first-order valence-corrected chi connectivity index (χ1v) is 9.57. The molecule has 2 nitrogen and oxygen atoms in total. The molecule has 1 heterocycles. The van der Waals surface area contributed by atoms with Crippen molar-refractivity contribution in [3.05, 3.63) is 72.3 Å². The first kappa shape index (κ1) is 21.4. The maximum Gasteiger partial charge on any atom is 0.0701 e. The van der Waals surface area contributed by atoms with Gasteiger partial charge in [0.25, 0.3) is 0 Å². The van der Waals surface area contributed by atoms with Gasteiger partial charge in [0.15, 0.2) is 0 Å². The molecular formula is C23H34O2. The van der Waals surface area contributed by atoms with Crippen molar-refractivity contribution in [1.29, 1.82) is 0 Å². The molecule has 4 rings (SSSR count). The Morgan fingerprint density at radius 3 is 0.960 bits per heavy atom. The molecule has 0 spiro atoms. The Morgan fingerprint density at radius 1 is 0.480 bits per heavy atom. The summed E-state index contributed by atoms with van der Waals surface area (Å²) in [5.74, 6) is 0. The maximum atomic E-state index is 4.94. The third-order valence-corrected chi connectivity index (χ3v) is 3.85. The van der Waals surface area contributed by atoms with E-state index in [9.17, 15) is 0 Å². The molecule has 0 atom stereocenters. The minimum Gasteiger partial charge on any atom is -0.377 e. The lowest BCUT2D eigenvalue weighted by Crippen LogP contribution is -2.16. The van der Waals surface area contributed by atoms with Crippen LogP contribution in [-0.4, -0.2) is 26.4 Å². The van der Waals surface area contributed by atoms with E-state index < -0.39 is 0 Å². The van der Waals surface area contributed by atoms with Crippen LogP contribution in [0, 0.1) is 6.92 Å². The Labute approximate surface area is 154 Å². The first-order chi connectivity index (χ1) is 12.4. The smallest absolute Gasteiger partial charge is 0.0701 e. The van der Waals surface area contributed by atoms with E-state index in [0.717, 1.165) is 26.4 Å². The number of rotatable bonds is 0. The van der Waals surface area contributed by atoms with Crippen molar-refractivity contribution in [2.24, 2.45) is 0 Å². The summed E-state index contributed by atoms with van der Waals surface area (Å²) in [6, 6.07) is 22.3. The summed E-state index contributed by atoms with van der Waals surface area (Å²) < 4.78 is 9.89. The number of aryl methyl sites for hydroxylation is 1. The van der Waals surface area contributed by atoms with Crippen LogP contribution in [0.4, 0.5) is 0 Å². The van der Waals surface area contributed by atoms with E-state index in [-0.39, 0.29) is 0 Å². The van der Waals surface area contributed by atoms with Gasteiger partial charge in [0.1, 0.15) is 0 Å². The van der Waals surface area contributed by atoms with Crippen molar-refractivity contribution in [2.45, 2.75) is 45.4 Å². The summed E-state index contributed by atoms with van der Waals surface area (Å²) in [4.78, 5) is 0. The fourth-order valence-electron chi connectivity index (χ4n) is 2.42. The molecule has 2 aromatic rings. The summed E-state index contributed by atoms with van der Waals surface area (Å²) in [5.41, 5.74) is 1.32. The topological polar surface area (TPSA) is 18.5 Å². The Hall–Kier alpha value is -1.64. The lowest BCUT2D eigenvalue weighted by Gasteiger charge is -2.09. The average Bonchev–Trinajstić information content (AvgIpc) is 2.74. The predicted octanol–water partition coefficient (Wildman–Crippen LogP) is 6.06. The Kier molecular flexibility index (Phi) is 14.7. The summed E-state index contributed by atoms with van der Waals surface area (Å²) in [6.07, 6.45) is 9.00. The number of hydrogen-bond donors (Lipinski definition) is 0. The van der Waals surface area contributed by atoms with Gasteiger partial charge in [-0.3, -0.25) is 0 Å². The molecule has 138 valence electrons. The van der Waals surface area contributed by atoms with E-state index in [2.05, 4.69) is 19.1 Å². The Bertz CT molecular complexity index is 400. The zero-order valence-electron chi connectivity index (χ0n) is 15.7. The van der Waals surface area contributed by atoms with Gasteiger partial charge in [-0.1, -0.05) is 111 Å². The van der Waals surface area contributed by atoms with E-state index in [4.69, 9.17) is 9.47 Å². The normalized spacial score (nSPS) is 15.9. The molecule has 2 heteroatoms. The quantitative estimate of drug-likeness (QED) is 0.580. The van der Waals surface area contributed by atoms with Crippen LogP contribution in [0.3, 0.4) is 0 Å². The molecule has 2 aromatic carbocycles. The number of benzene rings is 2. The monoisotopic (exact) mass is 342 g/mol. The molecule has 1 aliphatic heterocycles. The Morgan fingerprint density at radius 2 is 0.760 bits per heavy atom. The first-order valence-electron chi connectivity index (χ1n) is 9.57. The Balaban J connectivity index is 0.000000167. The predicted molar refractivity (Wildman–Crippen MR) is 107 cm³/mol. The van der Waals surface area contributed by atoms with Crippen LogP contribution in [0.2, 0.25) is 0 Å². The summed E-state index contributed by atoms with van der Waals surface area (Å²) in [6.45, 7) is 5.19. The fourth-order valence-corrected chi connectivity index (χ4v) is 2.42. The highest BCUT2D eigenvalue weighted by molar-refractivity contribution is 5.11. The van der Waals surface area contributed by atoms with Crippen molar-refractivity contribution in [2.75, 3.05) is 26.4 Å². The van der Waals surface area contributed by atoms with Gasteiger partial charge >= 0.3 is 0 Å². The van der Waals surface area contributed by atoms with Crippen molar-refractivity contribution < 1.29 is 9.47 Å². The van der Waals surface area contributed by atoms with Crippen LogP contribution in [0.15, 0.2) is 66.7 Å². The third kappa shape index (κ3) is 15.6. The third-order valence-electron chi connectivity index (χ3n) is 3.85. The fraction of sp³-hybridized carbons (Fsp3) is 0.478. The summed E-state index contributed by atoms with van der Waals surface area (Å²) >= 11 is 0. The van der Waals surface area contributed by atoms with Crippen molar-refractivity contribution in [3.63, 3.8) is 0 Å². The molecule has 2 fully saturated rings. The number of ether oxygens (including phenoxy) is 2. The molecule has 0 unspecified atom stereocenters. The SMILES string of the molecule is C1CCCCC1.C1COCCO1.Cc1ccccc1.c1ccccc1. The van der Waals surface area contributed by atoms with Crippen LogP contribution in [0.5, 0.6) is 0 Å². The number of hydrogen-bond acceptors (Lipinski definition) is 2. The van der Waals surface area contributed by atoms with Crippen LogP contribution in [-0.2, 0) is 9.47 Å². The highest BCUT2D eigenvalue weighted by Crippen LogP contribution is 2.15. The van der Waals surface area contributed by atoms with E-state index in [1.807, 2.05) is 54.6 Å². The zero-order chi connectivity index (χ0) is 17.8. The molecule has 0 aromatic heterocycles. The van der Waals surface area contributed by atoms with E-state index in [0.29, 0.717) is 0 Å². The standard InChI is InChI=1S/C7H8.C6H12.C6H6.C4H8O2/c1-7-5-3-2-4-6-7;2*1-2-4-6-5-3-1;1-2-6-4-3-5-1/h2-6H,1H3;1-6H2;1-6H;1-4H2. The van der Waals surface area contributed by atoms with Gasteiger partial charge in [0.2, 0.25) is 0 Å². The van der Waals surface area contributed by atoms with Gasteiger partial charge in [-0.05, 0) is 6.92 Å². The van der Waals surface area contributed by atoms with Crippen LogP contribution >= 0.6 is 0 Å². The molecule has 0 radical (unpaired) electrons. The molecule has 1 saturated carbocycles. The summed E-state index contributed by atoms with van der Waals surface area (Å²) in [5, 5.41) is 0. The second-order valence-electron chi connectivity index (χ2n) is 6.16. The highest BCUT2D eigenvalue weighted by Gasteiger charge is 1.95. The lowest BCUT2D eigenvalue weighted by molar-refractivity contribution is -0.0334. The van der Waals surface area contributed by atoms with E-state index in [1.165, 1.54) is 44.1 Å². The van der Waals surface area contributed by atoms with Gasteiger partial charge < -0.3 is 9.47 Å². The maximum absolute atomic E-state index is 4.94. The van der Waals surface area contributed by atoms with Crippen molar-refractivity contribution >= 4 is 0 Å². The average molecular weight is 343 g/mol. The van der Waals surface area contributed by atoms with Crippen molar-refractivity contribution in [1.82, 2.24) is 0 Å².